The number of piperazine rings is 1. The molecule has 0 amide bonds. The fraction of sp³-hybridized carbons (Fsp3) is 0.500. The van der Waals surface area contributed by atoms with Crippen molar-refractivity contribution in [2.75, 3.05) is 31.1 Å². The van der Waals surface area contributed by atoms with Gasteiger partial charge in [-0.2, -0.15) is 4.52 Å². The van der Waals surface area contributed by atoms with Crippen LogP contribution in [0.3, 0.4) is 0 Å². The molecule has 8 heteroatoms. The highest BCUT2D eigenvalue weighted by Crippen LogP contribution is 2.17. The molecule has 1 fully saturated rings. The van der Waals surface area contributed by atoms with Gasteiger partial charge in [-0.3, -0.25) is 4.90 Å². The second-order valence-electron chi connectivity index (χ2n) is 6.07. The molecule has 0 aromatic carbocycles. The molecule has 4 rings (SSSR count). The fourth-order valence-electron chi connectivity index (χ4n) is 3.00. The highest BCUT2D eigenvalue weighted by atomic mass is 32.1. The van der Waals surface area contributed by atoms with Crippen LogP contribution in [0.2, 0.25) is 0 Å². The summed E-state index contributed by atoms with van der Waals surface area (Å²) >= 11 is 1.79. The van der Waals surface area contributed by atoms with E-state index in [0.29, 0.717) is 0 Å². The Balaban J connectivity index is 1.35. The van der Waals surface area contributed by atoms with E-state index < -0.39 is 0 Å². The van der Waals surface area contributed by atoms with Crippen molar-refractivity contribution in [1.82, 2.24) is 29.7 Å². The van der Waals surface area contributed by atoms with Crippen molar-refractivity contribution in [3.8, 4) is 0 Å². The van der Waals surface area contributed by atoms with Crippen LogP contribution in [0.4, 0.5) is 5.82 Å². The number of aryl methyl sites for hydroxylation is 1. The van der Waals surface area contributed by atoms with Gasteiger partial charge in [0.05, 0.1) is 10.7 Å². The monoisotopic (exact) mass is 343 g/mol. The molecule has 0 spiro atoms. The third-order valence-corrected chi connectivity index (χ3v) is 5.25. The van der Waals surface area contributed by atoms with E-state index in [4.69, 9.17) is 4.98 Å². The maximum Gasteiger partial charge on any atom is 0.177 e. The first-order valence-corrected chi connectivity index (χ1v) is 9.27. The van der Waals surface area contributed by atoms with Crippen LogP contribution in [0.5, 0.6) is 0 Å². The predicted molar refractivity (Wildman–Crippen MR) is 94.4 cm³/mol. The molecule has 0 bridgehead atoms. The Morgan fingerprint density at radius 3 is 2.88 bits per heavy atom. The van der Waals surface area contributed by atoms with E-state index in [-0.39, 0.29) is 0 Å². The summed E-state index contributed by atoms with van der Waals surface area (Å²) in [6.45, 7) is 7.17. The normalized spacial score (nSPS) is 16.1. The topological polar surface area (TPSA) is 62.5 Å². The Labute approximate surface area is 144 Å². The van der Waals surface area contributed by atoms with E-state index in [1.54, 1.807) is 22.2 Å². The Kier molecular flexibility index (Phi) is 4.40. The van der Waals surface area contributed by atoms with Crippen LogP contribution in [0.15, 0.2) is 23.8 Å². The number of aromatic nitrogens is 5. The van der Waals surface area contributed by atoms with E-state index in [0.717, 1.165) is 57.0 Å². The molecule has 3 aromatic rings. The van der Waals surface area contributed by atoms with Crippen LogP contribution in [0.25, 0.3) is 5.65 Å². The molecular weight excluding hydrogens is 322 g/mol. The van der Waals surface area contributed by atoms with Gasteiger partial charge < -0.3 is 4.90 Å². The summed E-state index contributed by atoms with van der Waals surface area (Å²) in [6, 6.07) is 3.99. The van der Waals surface area contributed by atoms with Crippen molar-refractivity contribution in [3.63, 3.8) is 0 Å². The highest BCUT2D eigenvalue weighted by Gasteiger charge is 2.19. The lowest BCUT2D eigenvalue weighted by Gasteiger charge is -2.34. The summed E-state index contributed by atoms with van der Waals surface area (Å²) in [5.41, 5.74) is 1.99. The number of thiazole rings is 1. The summed E-state index contributed by atoms with van der Waals surface area (Å²) in [7, 11) is 0. The minimum absolute atomic E-state index is 0.781. The van der Waals surface area contributed by atoms with Gasteiger partial charge in [-0.15, -0.1) is 26.6 Å². The molecule has 0 N–H and O–H groups in total. The summed E-state index contributed by atoms with van der Waals surface area (Å²) < 4.78 is 1.73. The smallest absolute Gasteiger partial charge is 0.177 e. The van der Waals surface area contributed by atoms with Crippen molar-refractivity contribution < 1.29 is 0 Å². The van der Waals surface area contributed by atoms with E-state index in [1.165, 1.54) is 10.7 Å². The molecule has 24 heavy (non-hydrogen) atoms. The minimum Gasteiger partial charge on any atom is -0.353 e. The van der Waals surface area contributed by atoms with Crippen LogP contribution >= 0.6 is 11.3 Å². The van der Waals surface area contributed by atoms with Crippen molar-refractivity contribution >= 4 is 22.8 Å². The average Bonchev–Trinajstić information content (AvgIpc) is 3.24. The molecule has 0 unspecified atom stereocenters. The number of hydrogen-bond acceptors (Lipinski definition) is 7. The first-order chi connectivity index (χ1) is 11.8. The number of rotatable bonds is 5. The zero-order chi connectivity index (χ0) is 16.4. The van der Waals surface area contributed by atoms with Crippen LogP contribution in [-0.2, 0) is 13.0 Å². The maximum absolute atomic E-state index is 4.73. The first kappa shape index (κ1) is 15.5. The number of hydrogen-bond donors (Lipinski definition) is 0. The molecule has 1 saturated heterocycles. The Morgan fingerprint density at radius 1 is 1.17 bits per heavy atom. The van der Waals surface area contributed by atoms with Crippen molar-refractivity contribution in [1.29, 1.82) is 0 Å². The largest absolute Gasteiger partial charge is 0.353 e. The van der Waals surface area contributed by atoms with Crippen molar-refractivity contribution in [2.45, 2.75) is 26.3 Å². The van der Waals surface area contributed by atoms with Gasteiger partial charge in [0.15, 0.2) is 5.65 Å². The third kappa shape index (κ3) is 3.25. The molecule has 0 atom stereocenters. The molecule has 4 heterocycles. The van der Waals surface area contributed by atoms with Gasteiger partial charge in [-0.1, -0.05) is 6.92 Å². The van der Waals surface area contributed by atoms with Crippen LogP contribution in [0, 0.1) is 0 Å². The average molecular weight is 343 g/mol. The number of anilines is 1. The minimum atomic E-state index is 0.781. The van der Waals surface area contributed by atoms with Gasteiger partial charge in [0.1, 0.15) is 12.1 Å². The second-order valence-corrected chi connectivity index (χ2v) is 7.01. The molecule has 126 valence electrons. The van der Waals surface area contributed by atoms with Crippen LogP contribution < -0.4 is 4.90 Å². The lowest BCUT2D eigenvalue weighted by atomic mass is 10.3. The predicted octanol–water partition coefficient (Wildman–Crippen LogP) is 1.86. The maximum atomic E-state index is 4.73. The van der Waals surface area contributed by atoms with E-state index >= 15 is 0 Å². The summed E-state index contributed by atoms with van der Waals surface area (Å²) in [5.74, 6) is 0.987. The lowest BCUT2D eigenvalue weighted by Crippen LogP contribution is -2.46. The van der Waals surface area contributed by atoms with Gasteiger partial charge in [0.25, 0.3) is 0 Å². The third-order valence-electron chi connectivity index (χ3n) is 4.29. The van der Waals surface area contributed by atoms with Gasteiger partial charge in [0.2, 0.25) is 0 Å². The van der Waals surface area contributed by atoms with Crippen molar-refractivity contribution in [2.24, 2.45) is 0 Å². The van der Waals surface area contributed by atoms with Gasteiger partial charge in [-0.25, -0.2) is 4.98 Å². The van der Waals surface area contributed by atoms with Crippen LogP contribution in [-0.4, -0.2) is 55.9 Å². The molecule has 3 aromatic heterocycles. The SMILES string of the molecule is CCCc1nc(CN2CCN(c3ccc4nncn4n3)CC2)cs1. The summed E-state index contributed by atoms with van der Waals surface area (Å²) in [5, 5.41) is 15.9. The molecule has 0 aliphatic carbocycles. The number of nitrogens with zero attached hydrogens (tertiary/aromatic N) is 7. The number of fused-ring (bicyclic) bond motifs is 1. The van der Waals surface area contributed by atoms with Crippen molar-refractivity contribution in [3.05, 3.63) is 34.5 Å². The summed E-state index contributed by atoms with van der Waals surface area (Å²) in [6.07, 6.45) is 3.90. The molecule has 7 nitrogen and oxygen atoms in total. The zero-order valence-electron chi connectivity index (χ0n) is 13.8. The zero-order valence-corrected chi connectivity index (χ0v) is 14.6. The highest BCUT2D eigenvalue weighted by molar-refractivity contribution is 7.09. The van der Waals surface area contributed by atoms with E-state index in [1.807, 2.05) is 12.1 Å². The first-order valence-electron chi connectivity index (χ1n) is 8.39. The molecule has 0 saturated carbocycles. The van der Waals surface area contributed by atoms with Crippen LogP contribution in [0.1, 0.15) is 24.0 Å². The quantitative estimate of drug-likeness (QED) is 0.705. The van der Waals surface area contributed by atoms with Gasteiger partial charge >= 0.3 is 0 Å². The standard InChI is InChI=1S/C16H21N7S/c1-2-3-16-18-13(11-24-16)10-21-6-8-22(9-7-21)15-5-4-14-19-17-12-23(14)20-15/h4-5,11-12H,2-3,6-10H2,1H3. The molecular formula is C16H21N7S. The van der Waals surface area contributed by atoms with E-state index in [2.05, 4.69) is 37.4 Å². The van der Waals surface area contributed by atoms with Gasteiger partial charge in [-0.05, 0) is 25.0 Å². The second kappa shape index (κ2) is 6.82. The fourth-order valence-corrected chi connectivity index (χ4v) is 3.89. The molecule has 1 aliphatic heterocycles. The molecule has 1 aliphatic rings. The lowest BCUT2D eigenvalue weighted by molar-refractivity contribution is 0.246. The van der Waals surface area contributed by atoms with Gasteiger partial charge in [0, 0.05) is 38.1 Å². The summed E-state index contributed by atoms with van der Waals surface area (Å²) in [4.78, 5) is 9.52. The Bertz CT molecular complexity index is 803. The Hall–Kier alpha value is -2.06. The Morgan fingerprint density at radius 2 is 2.04 bits per heavy atom. The van der Waals surface area contributed by atoms with E-state index in [9.17, 15) is 0 Å². The molecule has 0 radical (unpaired) electrons.